The minimum Gasteiger partial charge on any atom is -0.484 e. The topological polar surface area (TPSA) is 62.1 Å². The Kier molecular flexibility index (Phi) is 6.81. The molecule has 1 aliphatic heterocycles. The fourth-order valence-corrected chi connectivity index (χ4v) is 4.57. The summed E-state index contributed by atoms with van der Waals surface area (Å²) < 4.78 is 47.4. The first-order valence-corrected chi connectivity index (χ1v) is 11.6. The predicted molar refractivity (Wildman–Crippen MR) is 121 cm³/mol. The molecule has 0 unspecified atom stereocenters. The Morgan fingerprint density at radius 3 is 2.33 bits per heavy atom. The van der Waals surface area contributed by atoms with Crippen LogP contribution in [0.25, 0.3) is 0 Å². The van der Waals surface area contributed by atoms with Crippen molar-refractivity contribution < 1.29 is 27.8 Å². The summed E-state index contributed by atoms with van der Waals surface area (Å²) in [7, 11) is 0. The molecule has 0 radical (unpaired) electrons. The van der Waals surface area contributed by atoms with Gasteiger partial charge in [0.05, 0.1) is 12.1 Å². The van der Waals surface area contributed by atoms with Crippen LogP contribution in [0.1, 0.15) is 55.6 Å². The Bertz CT molecular complexity index is 1020. The third kappa shape index (κ3) is 5.09. The number of alkyl halides is 3. The number of hydrogen-bond acceptors (Lipinski definition) is 4. The molecule has 1 N–H and O–H groups in total. The van der Waals surface area contributed by atoms with Crippen LogP contribution in [0.5, 0.6) is 5.75 Å². The van der Waals surface area contributed by atoms with Gasteiger partial charge in [-0.25, -0.2) is 0 Å². The van der Waals surface area contributed by atoms with Gasteiger partial charge in [0.1, 0.15) is 5.75 Å². The molecule has 1 saturated carbocycles. The molecule has 1 aliphatic carbocycles. The van der Waals surface area contributed by atoms with E-state index in [0.717, 1.165) is 17.3 Å². The second-order valence-corrected chi connectivity index (χ2v) is 9.36. The Morgan fingerprint density at radius 1 is 1.09 bits per heavy atom. The molecule has 1 atom stereocenters. The largest absolute Gasteiger partial charge is 0.484 e. The van der Waals surface area contributed by atoms with E-state index in [9.17, 15) is 23.1 Å². The number of halogens is 4. The van der Waals surface area contributed by atoms with Crippen LogP contribution in [0, 0.1) is 0 Å². The number of rotatable bonds is 5. The van der Waals surface area contributed by atoms with Gasteiger partial charge in [-0.1, -0.05) is 59.5 Å². The molecule has 0 bridgehead atoms. The van der Waals surface area contributed by atoms with Crippen molar-refractivity contribution in [2.75, 3.05) is 6.61 Å². The van der Waals surface area contributed by atoms with Crippen molar-refractivity contribution in [3.8, 4) is 5.75 Å². The number of carbonyl (C=O) groups excluding carboxylic acids is 1. The zero-order valence-electron chi connectivity index (χ0n) is 17.8. The Morgan fingerprint density at radius 2 is 1.73 bits per heavy atom. The number of hydrogen-bond donors (Lipinski definition) is 1. The standard InChI is InChI=1S/C24H24BrF3N2O3/c25-19-10-6-18(7-11-19)21-14-23(32,24(26,27)28)30(29-21)22(31)15-33-20-12-8-17(9-13-20)16-4-2-1-3-5-16/h6-13,16,32H,1-5,14-15H2/t23-/m0/s1. The number of carbonyl (C=O) groups is 1. The molecule has 176 valence electrons. The van der Waals surface area contributed by atoms with Crippen LogP contribution in [0.2, 0.25) is 0 Å². The smallest absolute Gasteiger partial charge is 0.438 e. The number of amides is 1. The summed E-state index contributed by atoms with van der Waals surface area (Å²) in [6.07, 6.45) is -0.00150. The lowest BCUT2D eigenvalue weighted by atomic mass is 9.84. The highest BCUT2D eigenvalue weighted by atomic mass is 79.9. The van der Waals surface area contributed by atoms with E-state index in [1.807, 2.05) is 12.1 Å². The molecule has 0 aromatic heterocycles. The molecule has 33 heavy (non-hydrogen) atoms. The molecule has 1 fully saturated rings. The number of aliphatic hydroxyl groups is 1. The zero-order chi connectivity index (χ0) is 23.6. The molecule has 2 aromatic rings. The van der Waals surface area contributed by atoms with E-state index in [0.29, 0.717) is 17.2 Å². The Labute approximate surface area is 198 Å². The van der Waals surface area contributed by atoms with E-state index in [1.165, 1.54) is 24.8 Å². The molecule has 2 aliphatic rings. The average molecular weight is 525 g/mol. The summed E-state index contributed by atoms with van der Waals surface area (Å²) in [5, 5.41) is 14.4. The second-order valence-electron chi connectivity index (χ2n) is 8.44. The van der Waals surface area contributed by atoms with E-state index in [-0.39, 0.29) is 10.7 Å². The first-order valence-electron chi connectivity index (χ1n) is 10.9. The first kappa shape index (κ1) is 23.8. The van der Waals surface area contributed by atoms with Gasteiger partial charge >= 0.3 is 6.18 Å². The van der Waals surface area contributed by atoms with Crippen molar-refractivity contribution in [3.63, 3.8) is 0 Å². The lowest BCUT2D eigenvalue weighted by Gasteiger charge is -2.32. The minimum atomic E-state index is -5.09. The summed E-state index contributed by atoms with van der Waals surface area (Å²) >= 11 is 3.26. The maximum atomic E-state index is 13.7. The highest BCUT2D eigenvalue weighted by Gasteiger charge is 2.63. The van der Waals surface area contributed by atoms with E-state index >= 15 is 0 Å². The van der Waals surface area contributed by atoms with Crippen molar-refractivity contribution in [2.45, 2.75) is 56.3 Å². The van der Waals surface area contributed by atoms with Crippen LogP contribution in [0.15, 0.2) is 58.1 Å². The van der Waals surface area contributed by atoms with Gasteiger partial charge in [-0.3, -0.25) is 4.79 Å². The summed E-state index contributed by atoms with van der Waals surface area (Å²) in [5.41, 5.74) is -1.88. The molecule has 9 heteroatoms. The van der Waals surface area contributed by atoms with Gasteiger partial charge in [0.25, 0.3) is 11.6 Å². The van der Waals surface area contributed by atoms with Gasteiger partial charge in [0.2, 0.25) is 0 Å². The fraction of sp³-hybridized carbons (Fsp3) is 0.417. The van der Waals surface area contributed by atoms with Crippen LogP contribution in [0.4, 0.5) is 13.2 Å². The summed E-state index contributed by atoms with van der Waals surface area (Å²) in [4.78, 5) is 12.7. The predicted octanol–water partition coefficient (Wildman–Crippen LogP) is 5.76. The second kappa shape index (κ2) is 9.46. The molecular formula is C24H24BrF3N2O3. The Hall–Kier alpha value is -2.39. The molecule has 0 spiro atoms. The van der Waals surface area contributed by atoms with Gasteiger partial charge in [-0.2, -0.15) is 23.3 Å². The normalized spacial score (nSPS) is 21.7. The number of hydrazone groups is 1. The van der Waals surface area contributed by atoms with Gasteiger partial charge < -0.3 is 9.84 Å². The third-order valence-corrected chi connectivity index (χ3v) is 6.70. The zero-order valence-corrected chi connectivity index (χ0v) is 19.4. The molecule has 2 aromatic carbocycles. The van der Waals surface area contributed by atoms with Crippen LogP contribution in [0.3, 0.4) is 0 Å². The minimum absolute atomic E-state index is 0.0347. The SMILES string of the molecule is O=C(COc1ccc(C2CCCCC2)cc1)N1N=C(c2ccc(Br)cc2)C[C@]1(O)C(F)(F)F. The van der Waals surface area contributed by atoms with Crippen molar-refractivity contribution in [2.24, 2.45) is 5.10 Å². The third-order valence-electron chi connectivity index (χ3n) is 6.17. The van der Waals surface area contributed by atoms with Crippen LogP contribution in [-0.4, -0.2) is 40.2 Å². The van der Waals surface area contributed by atoms with Crippen molar-refractivity contribution in [1.82, 2.24) is 5.01 Å². The van der Waals surface area contributed by atoms with Gasteiger partial charge in [-0.15, -0.1) is 0 Å². The molecule has 5 nitrogen and oxygen atoms in total. The van der Waals surface area contributed by atoms with Crippen molar-refractivity contribution >= 4 is 27.5 Å². The van der Waals surface area contributed by atoms with Gasteiger partial charge in [0.15, 0.2) is 6.61 Å². The highest BCUT2D eigenvalue weighted by Crippen LogP contribution is 2.41. The summed E-state index contributed by atoms with van der Waals surface area (Å²) in [5.74, 6) is -0.208. The lowest BCUT2D eigenvalue weighted by Crippen LogP contribution is -2.57. The average Bonchev–Trinajstić information content (AvgIpc) is 3.18. The monoisotopic (exact) mass is 524 g/mol. The highest BCUT2D eigenvalue weighted by molar-refractivity contribution is 9.10. The fourth-order valence-electron chi connectivity index (χ4n) is 4.31. The summed E-state index contributed by atoms with van der Waals surface area (Å²) in [6, 6.07) is 13.7. The van der Waals surface area contributed by atoms with Crippen LogP contribution < -0.4 is 4.74 Å². The molecule has 0 saturated heterocycles. The van der Waals surface area contributed by atoms with Crippen LogP contribution in [-0.2, 0) is 4.79 Å². The van der Waals surface area contributed by atoms with E-state index in [1.54, 1.807) is 36.4 Å². The molecule has 1 heterocycles. The quantitative estimate of drug-likeness (QED) is 0.540. The van der Waals surface area contributed by atoms with Gasteiger partial charge in [-0.05, 0) is 54.2 Å². The van der Waals surface area contributed by atoms with Gasteiger partial charge in [0, 0.05) is 4.47 Å². The van der Waals surface area contributed by atoms with Crippen LogP contribution >= 0.6 is 15.9 Å². The van der Waals surface area contributed by atoms with Crippen molar-refractivity contribution in [3.05, 3.63) is 64.1 Å². The maximum absolute atomic E-state index is 13.7. The number of nitrogens with zero attached hydrogens (tertiary/aromatic N) is 2. The Balaban J connectivity index is 1.47. The van der Waals surface area contributed by atoms with E-state index in [4.69, 9.17) is 4.74 Å². The number of ether oxygens (including phenoxy) is 1. The van der Waals surface area contributed by atoms with Crippen molar-refractivity contribution in [1.29, 1.82) is 0 Å². The molecule has 4 rings (SSSR count). The molecule has 1 amide bonds. The maximum Gasteiger partial charge on any atom is 0.438 e. The lowest BCUT2D eigenvalue weighted by molar-refractivity contribution is -0.302. The summed E-state index contributed by atoms with van der Waals surface area (Å²) in [6.45, 7) is -0.682. The molecular weight excluding hydrogens is 501 g/mol. The van der Waals surface area contributed by atoms with E-state index in [2.05, 4.69) is 21.0 Å². The first-order chi connectivity index (χ1) is 15.7. The van der Waals surface area contributed by atoms with E-state index < -0.39 is 30.8 Å². The number of benzene rings is 2.